The van der Waals surface area contributed by atoms with Gasteiger partial charge in [-0.1, -0.05) is 12.1 Å². The molecule has 2 heterocycles. The Labute approximate surface area is 109 Å². The van der Waals surface area contributed by atoms with Crippen LogP contribution in [0.1, 0.15) is 20.7 Å². The Balaban J connectivity index is 2.01. The van der Waals surface area contributed by atoms with Gasteiger partial charge in [-0.15, -0.1) is 0 Å². The third-order valence-electron chi connectivity index (χ3n) is 3.45. The van der Waals surface area contributed by atoms with E-state index >= 15 is 0 Å². The van der Waals surface area contributed by atoms with Crippen molar-refractivity contribution in [3.63, 3.8) is 0 Å². The second kappa shape index (κ2) is 3.88. The molecule has 2 aliphatic rings. The smallest absolute Gasteiger partial charge is 0.261 e. The Bertz CT molecular complexity index is 646. The number of hydrogen-bond donors (Lipinski definition) is 1. The van der Waals surface area contributed by atoms with Crippen LogP contribution in [-0.2, 0) is 9.84 Å². The van der Waals surface area contributed by atoms with Gasteiger partial charge in [-0.2, -0.15) is 0 Å². The van der Waals surface area contributed by atoms with E-state index in [9.17, 15) is 23.1 Å². The number of imide groups is 1. The van der Waals surface area contributed by atoms with Crippen LogP contribution in [0.3, 0.4) is 0 Å². The fourth-order valence-electron chi connectivity index (χ4n) is 2.57. The van der Waals surface area contributed by atoms with Gasteiger partial charge >= 0.3 is 0 Å². The van der Waals surface area contributed by atoms with Crippen LogP contribution in [0.5, 0.6) is 0 Å². The lowest BCUT2D eigenvalue weighted by molar-refractivity contribution is 0.0451. The predicted molar refractivity (Wildman–Crippen MR) is 65.4 cm³/mol. The van der Waals surface area contributed by atoms with Gasteiger partial charge in [0.05, 0.1) is 34.8 Å². The highest BCUT2D eigenvalue weighted by Crippen LogP contribution is 2.28. The SMILES string of the molecule is O=C1c2ccccc2C(=O)N1[C@@H]1CS(=O)(=O)C[C@H]1O. The van der Waals surface area contributed by atoms with Crippen molar-refractivity contribution < 1.29 is 23.1 Å². The summed E-state index contributed by atoms with van der Waals surface area (Å²) in [5.74, 6) is -1.87. The molecule has 19 heavy (non-hydrogen) atoms. The zero-order chi connectivity index (χ0) is 13.8. The zero-order valence-electron chi connectivity index (χ0n) is 9.81. The molecule has 1 N–H and O–H groups in total. The topological polar surface area (TPSA) is 91.8 Å². The Morgan fingerprint density at radius 1 is 1.05 bits per heavy atom. The van der Waals surface area contributed by atoms with Crippen LogP contribution in [0, 0.1) is 0 Å². The van der Waals surface area contributed by atoms with Crippen molar-refractivity contribution in [3.05, 3.63) is 35.4 Å². The lowest BCUT2D eigenvalue weighted by Gasteiger charge is -2.23. The van der Waals surface area contributed by atoms with Crippen molar-refractivity contribution in [1.29, 1.82) is 0 Å². The maximum absolute atomic E-state index is 12.1. The summed E-state index contributed by atoms with van der Waals surface area (Å²) in [5, 5.41) is 9.77. The van der Waals surface area contributed by atoms with E-state index in [2.05, 4.69) is 0 Å². The first-order valence-electron chi connectivity index (χ1n) is 5.76. The van der Waals surface area contributed by atoms with Crippen molar-refractivity contribution in [2.75, 3.05) is 11.5 Å². The van der Waals surface area contributed by atoms with E-state index in [-0.39, 0.29) is 16.9 Å². The monoisotopic (exact) mass is 281 g/mol. The molecular weight excluding hydrogens is 270 g/mol. The molecule has 2 aliphatic heterocycles. The summed E-state index contributed by atoms with van der Waals surface area (Å²) in [7, 11) is -3.41. The molecule has 3 rings (SSSR count). The average molecular weight is 281 g/mol. The summed E-state index contributed by atoms with van der Waals surface area (Å²) in [4.78, 5) is 25.2. The van der Waals surface area contributed by atoms with Crippen LogP contribution in [0.4, 0.5) is 0 Å². The lowest BCUT2D eigenvalue weighted by atomic mass is 10.1. The van der Waals surface area contributed by atoms with Crippen LogP contribution in [0.25, 0.3) is 0 Å². The normalized spacial score (nSPS) is 28.8. The summed E-state index contributed by atoms with van der Waals surface area (Å²) < 4.78 is 23.0. The van der Waals surface area contributed by atoms with Gasteiger partial charge in [-0.05, 0) is 12.1 Å². The fourth-order valence-corrected chi connectivity index (χ4v) is 4.34. The molecule has 100 valence electrons. The number of amides is 2. The Morgan fingerprint density at radius 3 is 2.00 bits per heavy atom. The molecule has 2 atom stereocenters. The number of aliphatic hydroxyl groups excluding tert-OH is 1. The third kappa shape index (κ3) is 1.77. The van der Waals surface area contributed by atoms with Crippen LogP contribution in [-0.4, -0.2) is 53.9 Å². The summed E-state index contributed by atoms with van der Waals surface area (Å²) >= 11 is 0. The molecule has 0 saturated carbocycles. The highest BCUT2D eigenvalue weighted by atomic mass is 32.2. The summed E-state index contributed by atoms with van der Waals surface area (Å²) in [6, 6.07) is 5.32. The van der Waals surface area contributed by atoms with Gasteiger partial charge in [-0.3, -0.25) is 14.5 Å². The molecule has 0 aromatic heterocycles. The number of carbonyl (C=O) groups is 2. The molecule has 0 bridgehead atoms. The number of rotatable bonds is 1. The van der Waals surface area contributed by atoms with Gasteiger partial charge in [0.25, 0.3) is 11.8 Å². The number of aliphatic hydroxyl groups is 1. The van der Waals surface area contributed by atoms with Gasteiger partial charge < -0.3 is 5.11 Å². The van der Waals surface area contributed by atoms with Crippen LogP contribution in [0.15, 0.2) is 24.3 Å². The molecule has 6 nitrogen and oxygen atoms in total. The molecule has 0 aliphatic carbocycles. The minimum Gasteiger partial charge on any atom is -0.390 e. The molecule has 0 spiro atoms. The predicted octanol–water partition coefficient (Wildman–Crippen LogP) is -0.559. The van der Waals surface area contributed by atoms with Crippen molar-refractivity contribution in [2.24, 2.45) is 0 Å². The number of hydrogen-bond acceptors (Lipinski definition) is 5. The first kappa shape index (κ1) is 12.3. The van der Waals surface area contributed by atoms with E-state index in [1.807, 2.05) is 0 Å². The fraction of sp³-hybridized carbons (Fsp3) is 0.333. The van der Waals surface area contributed by atoms with E-state index in [1.165, 1.54) is 12.1 Å². The van der Waals surface area contributed by atoms with E-state index in [0.29, 0.717) is 0 Å². The molecule has 2 amide bonds. The number of nitrogens with zero attached hydrogens (tertiary/aromatic N) is 1. The average Bonchev–Trinajstić information content (AvgIpc) is 2.75. The van der Waals surface area contributed by atoms with Crippen molar-refractivity contribution in [3.8, 4) is 0 Å². The zero-order valence-corrected chi connectivity index (χ0v) is 10.6. The van der Waals surface area contributed by atoms with Crippen molar-refractivity contribution in [1.82, 2.24) is 4.90 Å². The first-order valence-corrected chi connectivity index (χ1v) is 7.58. The molecule has 1 aromatic rings. The minimum atomic E-state index is -3.41. The van der Waals surface area contributed by atoms with Gasteiger partial charge in [0.1, 0.15) is 0 Å². The maximum Gasteiger partial charge on any atom is 0.261 e. The van der Waals surface area contributed by atoms with Gasteiger partial charge in [0.15, 0.2) is 9.84 Å². The summed E-state index contributed by atoms with van der Waals surface area (Å²) in [5.41, 5.74) is 0.507. The van der Waals surface area contributed by atoms with E-state index in [0.717, 1.165) is 4.90 Å². The number of benzene rings is 1. The maximum atomic E-state index is 12.1. The van der Waals surface area contributed by atoms with E-state index in [1.54, 1.807) is 12.1 Å². The van der Waals surface area contributed by atoms with Gasteiger partial charge in [-0.25, -0.2) is 8.42 Å². The van der Waals surface area contributed by atoms with Crippen LogP contribution >= 0.6 is 0 Å². The third-order valence-corrected chi connectivity index (χ3v) is 5.15. The van der Waals surface area contributed by atoms with Crippen LogP contribution < -0.4 is 0 Å². The van der Waals surface area contributed by atoms with Crippen molar-refractivity contribution >= 4 is 21.7 Å². The summed E-state index contributed by atoms with van der Waals surface area (Å²) in [6.45, 7) is 0. The van der Waals surface area contributed by atoms with Crippen LogP contribution in [0.2, 0.25) is 0 Å². The van der Waals surface area contributed by atoms with E-state index in [4.69, 9.17) is 0 Å². The number of fused-ring (bicyclic) bond motifs is 1. The minimum absolute atomic E-state index is 0.254. The number of carbonyl (C=O) groups excluding carboxylic acids is 2. The Morgan fingerprint density at radius 2 is 1.58 bits per heavy atom. The molecule has 0 unspecified atom stereocenters. The quantitative estimate of drug-likeness (QED) is 0.697. The van der Waals surface area contributed by atoms with Gasteiger partial charge in [0.2, 0.25) is 0 Å². The second-order valence-electron chi connectivity index (χ2n) is 4.74. The van der Waals surface area contributed by atoms with Gasteiger partial charge in [0, 0.05) is 0 Å². The summed E-state index contributed by atoms with van der Waals surface area (Å²) in [6.07, 6.45) is -1.22. The second-order valence-corrected chi connectivity index (χ2v) is 6.89. The molecule has 1 fully saturated rings. The Kier molecular flexibility index (Phi) is 2.51. The number of sulfone groups is 1. The van der Waals surface area contributed by atoms with E-state index < -0.39 is 39.6 Å². The molecule has 1 aromatic carbocycles. The molecule has 7 heteroatoms. The molecule has 1 saturated heterocycles. The molecule has 0 radical (unpaired) electrons. The highest BCUT2D eigenvalue weighted by Gasteiger charge is 2.48. The first-order chi connectivity index (χ1) is 8.91. The lowest BCUT2D eigenvalue weighted by Crippen LogP contribution is -2.46. The largest absolute Gasteiger partial charge is 0.390 e. The van der Waals surface area contributed by atoms with Crippen molar-refractivity contribution in [2.45, 2.75) is 12.1 Å². The molecular formula is C12H11NO5S. The Hall–Kier alpha value is -1.73. The highest BCUT2D eigenvalue weighted by molar-refractivity contribution is 7.91. The standard InChI is InChI=1S/C12H11NO5S/c14-10-6-19(17,18)5-9(10)13-11(15)7-3-1-2-4-8(7)12(13)16/h1-4,9-10,14H,5-6H2/t9-,10-/m1/s1.